The summed E-state index contributed by atoms with van der Waals surface area (Å²) in [6.45, 7) is 4.23. The predicted molar refractivity (Wildman–Crippen MR) is 148 cm³/mol. The molecular formula is C28H24ClN7O2. The van der Waals surface area contributed by atoms with Crippen LogP contribution in [-0.2, 0) is 11.8 Å². The number of fused-ring (bicyclic) bond motifs is 2. The number of allylic oxidation sites excluding steroid dienone is 1. The summed E-state index contributed by atoms with van der Waals surface area (Å²) in [6, 6.07) is 9.64. The number of benzene rings is 1. The number of ether oxygens (including phenoxy) is 1. The Balaban J connectivity index is 1.45. The van der Waals surface area contributed by atoms with Crippen LogP contribution in [0.25, 0.3) is 27.9 Å². The fraction of sp³-hybridized carbons (Fsp3) is 0.179. The third kappa shape index (κ3) is 4.31. The van der Waals surface area contributed by atoms with Crippen LogP contribution in [0.2, 0.25) is 5.15 Å². The lowest BCUT2D eigenvalue weighted by molar-refractivity contribution is -0.111. The Bertz CT molecular complexity index is 1640. The van der Waals surface area contributed by atoms with Crippen molar-refractivity contribution in [2.45, 2.75) is 18.9 Å². The van der Waals surface area contributed by atoms with Crippen LogP contribution in [0.4, 0.5) is 11.5 Å². The smallest absolute Gasteiger partial charge is 0.318 e. The molecule has 38 heavy (non-hydrogen) atoms. The van der Waals surface area contributed by atoms with E-state index in [1.165, 1.54) is 6.08 Å². The highest BCUT2D eigenvalue weighted by Gasteiger charge is 2.29. The molecule has 4 heterocycles. The average Bonchev–Trinajstić information content (AvgIpc) is 3.21. The maximum Gasteiger partial charge on any atom is 0.318 e. The summed E-state index contributed by atoms with van der Waals surface area (Å²) in [6.07, 6.45) is 10.0. The standard InChI is InChI=1S/C28H24ClN7O2/c1-3-22(37)34-18-6-4-16(5-7-18)25-23-20-9-8-19(38-28-31-13-11-21(29)35-28)14-17(20)10-12-30-26-24(23)27(36(25)2)33-15-32-26/h3-7,9,11,13-15,19H,1,8,10,12H2,2H3,(H,34,37)(H,30,32,33). The van der Waals surface area contributed by atoms with Gasteiger partial charge < -0.3 is 19.9 Å². The number of carbonyl (C=O) groups excluding carboxylic acids is 1. The first-order valence-electron chi connectivity index (χ1n) is 12.2. The number of aryl methyl sites for hydroxylation is 1. The van der Waals surface area contributed by atoms with Crippen molar-refractivity contribution in [1.82, 2.24) is 24.5 Å². The van der Waals surface area contributed by atoms with Crippen LogP contribution in [0, 0.1) is 0 Å². The van der Waals surface area contributed by atoms with Gasteiger partial charge in [0.25, 0.3) is 0 Å². The van der Waals surface area contributed by atoms with Gasteiger partial charge in [-0.25, -0.2) is 15.0 Å². The van der Waals surface area contributed by atoms with Crippen molar-refractivity contribution in [2.75, 3.05) is 17.2 Å². The molecule has 3 aromatic heterocycles. The maximum atomic E-state index is 11.7. The van der Waals surface area contributed by atoms with Crippen LogP contribution < -0.4 is 15.4 Å². The van der Waals surface area contributed by atoms with Gasteiger partial charge in [0.2, 0.25) is 5.91 Å². The molecule has 1 amide bonds. The molecule has 10 heteroatoms. The zero-order valence-electron chi connectivity index (χ0n) is 20.6. The Labute approximate surface area is 224 Å². The Morgan fingerprint density at radius 1 is 1.24 bits per heavy atom. The van der Waals surface area contributed by atoms with Crippen molar-refractivity contribution in [2.24, 2.45) is 7.05 Å². The molecule has 4 aromatic rings. The number of hydrogen-bond donors (Lipinski definition) is 2. The van der Waals surface area contributed by atoms with E-state index in [-0.39, 0.29) is 18.0 Å². The molecule has 0 fully saturated rings. The van der Waals surface area contributed by atoms with E-state index in [0.717, 1.165) is 57.8 Å². The van der Waals surface area contributed by atoms with Crippen LogP contribution >= 0.6 is 11.6 Å². The molecule has 6 rings (SSSR count). The third-order valence-electron chi connectivity index (χ3n) is 6.68. The zero-order valence-corrected chi connectivity index (χ0v) is 21.4. The van der Waals surface area contributed by atoms with E-state index < -0.39 is 0 Å². The van der Waals surface area contributed by atoms with E-state index in [9.17, 15) is 4.79 Å². The number of halogens is 1. The number of nitrogens with zero attached hydrogens (tertiary/aromatic N) is 5. The van der Waals surface area contributed by atoms with E-state index in [2.05, 4.69) is 53.9 Å². The Hall–Kier alpha value is -4.50. The van der Waals surface area contributed by atoms with E-state index in [4.69, 9.17) is 16.3 Å². The summed E-state index contributed by atoms with van der Waals surface area (Å²) in [7, 11) is 2.01. The molecule has 190 valence electrons. The number of hydrogen-bond acceptors (Lipinski definition) is 7. The predicted octanol–water partition coefficient (Wildman–Crippen LogP) is 5.18. The quantitative estimate of drug-likeness (QED) is 0.273. The second-order valence-corrected chi connectivity index (χ2v) is 9.40. The Morgan fingerprint density at radius 3 is 2.87 bits per heavy atom. The minimum Gasteiger partial charge on any atom is -0.456 e. The molecule has 1 aromatic carbocycles. The van der Waals surface area contributed by atoms with Crippen LogP contribution in [0.1, 0.15) is 18.4 Å². The first-order chi connectivity index (χ1) is 18.5. The fourth-order valence-corrected chi connectivity index (χ4v) is 5.16. The van der Waals surface area contributed by atoms with Gasteiger partial charge >= 0.3 is 6.01 Å². The average molecular weight is 526 g/mol. The van der Waals surface area contributed by atoms with Crippen molar-refractivity contribution in [3.8, 4) is 17.3 Å². The lowest BCUT2D eigenvalue weighted by atomic mass is 9.85. The normalized spacial score (nSPS) is 16.3. The molecule has 0 radical (unpaired) electrons. The highest BCUT2D eigenvalue weighted by molar-refractivity contribution is 6.29. The Kier molecular flexibility index (Phi) is 6.13. The molecule has 0 saturated heterocycles. The number of anilines is 2. The second-order valence-electron chi connectivity index (χ2n) is 9.01. The zero-order chi connectivity index (χ0) is 26.2. The van der Waals surface area contributed by atoms with Gasteiger partial charge in [0.15, 0.2) is 0 Å². The van der Waals surface area contributed by atoms with Gasteiger partial charge in [-0.05, 0) is 53.5 Å². The van der Waals surface area contributed by atoms with Gasteiger partial charge in [0, 0.05) is 37.5 Å². The van der Waals surface area contributed by atoms with Gasteiger partial charge in [0.1, 0.15) is 29.0 Å². The number of aromatic nitrogens is 5. The number of nitrogens with one attached hydrogen (secondary N) is 2. The van der Waals surface area contributed by atoms with Crippen molar-refractivity contribution >= 4 is 45.6 Å². The first kappa shape index (κ1) is 23.9. The van der Waals surface area contributed by atoms with Crippen molar-refractivity contribution in [1.29, 1.82) is 0 Å². The summed E-state index contributed by atoms with van der Waals surface area (Å²) < 4.78 is 8.15. The molecule has 2 N–H and O–H groups in total. The number of rotatable bonds is 5. The van der Waals surface area contributed by atoms with Crippen LogP contribution in [0.3, 0.4) is 0 Å². The summed E-state index contributed by atoms with van der Waals surface area (Å²) >= 11 is 6.02. The minimum atomic E-state index is -0.252. The summed E-state index contributed by atoms with van der Waals surface area (Å²) in [4.78, 5) is 29.3. The van der Waals surface area contributed by atoms with E-state index in [1.807, 2.05) is 31.3 Å². The molecule has 9 nitrogen and oxygen atoms in total. The van der Waals surface area contributed by atoms with Crippen molar-refractivity contribution < 1.29 is 9.53 Å². The molecule has 2 aliphatic rings. The molecule has 1 unspecified atom stereocenters. The van der Waals surface area contributed by atoms with E-state index >= 15 is 0 Å². The molecule has 1 atom stereocenters. The molecule has 0 saturated carbocycles. The van der Waals surface area contributed by atoms with Gasteiger partial charge in [-0.2, -0.15) is 4.98 Å². The topological polar surface area (TPSA) is 107 Å². The van der Waals surface area contributed by atoms with Crippen LogP contribution in [0.15, 0.2) is 73.2 Å². The molecular weight excluding hydrogens is 502 g/mol. The summed E-state index contributed by atoms with van der Waals surface area (Å²) in [5, 5.41) is 7.61. The first-order valence-corrected chi connectivity index (χ1v) is 12.6. The van der Waals surface area contributed by atoms with Crippen LogP contribution in [-0.4, -0.2) is 43.1 Å². The Morgan fingerprint density at radius 2 is 2.08 bits per heavy atom. The van der Waals surface area contributed by atoms with E-state index in [1.54, 1.807) is 18.6 Å². The van der Waals surface area contributed by atoms with Gasteiger partial charge in [0.05, 0.1) is 11.1 Å². The second kappa shape index (κ2) is 9.75. The molecule has 0 spiro atoms. The lowest BCUT2D eigenvalue weighted by Crippen LogP contribution is -2.20. The van der Waals surface area contributed by atoms with Gasteiger partial charge in [-0.3, -0.25) is 4.79 Å². The number of amides is 1. The van der Waals surface area contributed by atoms with Crippen molar-refractivity contribution in [3.63, 3.8) is 0 Å². The summed E-state index contributed by atoms with van der Waals surface area (Å²) in [5.41, 5.74) is 6.91. The summed E-state index contributed by atoms with van der Waals surface area (Å²) in [5.74, 6) is 0.561. The largest absolute Gasteiger partial charge is 0.456 e. The maximum absolute atomic E-state index is 11.7. The van der Waals surface area contributed by atoms with Crippen LogP contribution in [0.5, 0.6) is 6.01 Å². The SMILES string of the molecule is C=CC(=O)Nc1ccc(-c2c3c4c(ncnc4n2C)NCCC2=CC(Oc4nccc(Cl)n4)CC=C23)cc1. The highest BCUT2D eigenvalue weighted by atomic mass is 35.5. The van der Waals surface area contributed by atoms with Crippen molar-refractivity contribution in [3.05, 3.63) is 84.0 Å². The minimum absolute atomic E-state index is 0.214. The van der Waals surface area contributed by atoms with E-state index in [0.29, 0.717) is 17.3 Å². The number of carbonyl (C=O) groups is 1. The molecule has 1 aliphatic heterocycles. The van der Waals surface area contributed by atoms with Gasteiger partial charge in [-0.1, -0.05) is 36.4 Å². The fourth-order valence-electron chi connectivity index (χ4n) is 5.03. The lowest BCUT2D eigenvalue weighted by Gasteiger charge is -2.25. The van der Waals surface area contributed by atoms with Gasteiger partial charge in [-0.15, -0.1) is 0 Å². The molecule has 1 aliphatic carbocycles. The highest BCUT2D eigenvalue weighted by Crippen LogP contribution is 2.45. The third-order valence-corrected chi connectivity index (χ3v) is 6.89. The monoisotopic (exact) mass is 525 g/mol. The molecule has 0 bridgehead atoms.